The van der Waals surface area contributed by atoms with E-state index in [1.54, 1.807) is 7.11 Å². The topological polar surface area (TPSA) is 29.5 Å². The lowest BCUT2D eigenvalue weighted by Gasteiger charge is -2.18. The first-order chi connectivity index (χ1) is 4.88. The maximum atomic E-state index is 8.86. The van der Waals surface area contributed by atoms with E-state index >= 15 is 0 Å². The van der Waals surface area contributed by atoms with Crippen molar-refractivity contribution in [1.29, 1.82) is 0 Å². The zero-order valence-corrected chi connectivity index (χ0v) is 6.55. The molecule has 1 N–H and O–H groups in total. The molecule has 0 bridgehead atoms. The maximum absolute atomic E-state index is 8.86. The molecule has 0 heterocycles. The number of rotatable bonds is 3. The molecule has 0 aromatic heterocycles. The second-order valence-electron chi connectivity index (χ2n) is 3.00. The Labute approximate surface area is 62.2 Å². The highest BCUT2D eigenvalue weighted by molar-refractivity contribution is 4.74. The van der Waals surface area contributed by atoms with Crippen LogP contribution in [0.1, 0.15) is 25.7 Å². The van der Waals surface area contributed by atoms with Crippen LogP contribution in [-0.4, -0.2) is 24.9 Å². The number of hydrogen-bond acceptors (Lipinski definition) is 2. The Kier molecular flexibility index (Phi) is 3.16. The van der Waals surface area contributed by atoms with Gasteiger partial charge < -0.3 is 9.84 Å². The van der Waals surface area contributed by atoms with Crippen molar-refractivity contribution in [2.45, 2.75) is 31.8 Å². The molecule has 10 heavy (non-hydrogen) atoms. The predicted octanol–water partition coefficient (Wildman–Crippen LogP) is 1.18. The summed E-state index contributed by atoms with van der Waals surface area (Å²) in [5.41, 5.74) is 0. The average Bonchev–Trinajstić information content (AvgIpc) is 2.43. The largest absolute Gasteiger partial charge is 0.394 e. The molecule has 0 spiro atoms. The summed E-state index contributed by atoms with van der Waals surface area (Å²) in [5, 5.41) is 8.86. The highest BCUT2D eigenvalue weighted by Crippen LogP contribution is 2.28. The number of methoxy groups -OCH3 is 1. The summed E-state index contributed by atoms with van der Waals surface area (Å²) in [6.07, 6.45) is 5.19. The Balaban J connectivity index is 2.29. The first-order valence-corrected chi connectivity index (χ1v) is 4.02. The number of hydrogen-bond donors (Lipinski definition) is 1. The molecule has 0 unspecified atom stereocenters. The van der Waals surface area contributed by atoms with Gasteiger partial charge in [0.25, 0.3) is 0 Å². The van der Waals surface area contributed by atoms with Gasteiger partial charge in [-0.05, 0) is 18.8 Å². The lowest BCUT2D eigenvalue weighted by atomic mass is 10.0. The van der Waals surface area contributed by atoms with Crippen LogP contribution in [0.5, 0.6) is 0 Å². The molecule has 1 rings (SSSR count). The van der Waals surface area contributed by atoms with Crippen LogP contribution in [-0.2, 0) is 4.74 Å². The summed E-state index contributed by atoms with van der Waals surface area (Å²) < 4.78 is 5.13. The van der Waals surface area contributed by atoms with Gasteiger partial charge in [0, 0.05) is 7.11 Å². The highest BCUT2D eigenvalue weighted by atomic mass is 16.5. The Morgan fingerprint density at radius 2 is 2.10 bits per heavy atom. The van der Waals surface area contributed by atoms with E-state index in [2.05, 4.69) is 0 Å². The van der Waals surface area contributed by atoms with Crippen molar-refractivity contribution in [3.8, 4) is 0 Å². The van der Waals surface area contributed by atoms with Gasteiger partial charge in [-0.1, -0.05) is 12.8 Å². The molecule has 0 aromatic carbocycles. The highest BCUT2D eigenvalue weighted by Gasteiger charge is 2.23. The predicted molar refractivity (Wildman–Crippen MR) is 39.8 cm³/mol. The maximum Gasteiger partial charge on any atom is 0.0830 e. The Bertz CT molecular complexity index is 83.3. The van der Waals surface area contributed by atoms with Crippen LogP contribution in [0.2, 0.25) is 0 Å². The van der Waals surface area contributed by atoms with Crippen molar-refractivity contribution in [3.63, 3.8) is 0 Å². The van der Waals surface area contributed by atoms with Gasteiger partial charge in [-0.25, -0.2) is 0 Å². The van der Waals surface area contributed by atoms with Crippen molar-refractivity contribution < 1.29 is 9.84 Å². The minimum atomic E-state index is 0.0995. The van der Waals surface area contributed by atoms with E-state index in [0.29, 0.717) is 5.92 Å². The summed E-state index contributed by atoms with van der Waals surface area (Å²) in [6, 6.07) is 0. The summed E-state index contributed by atoms with van der Waals surface area (Å²) in [4.78, 5) is 0. The van der Waals surface area contributed by atoms with Crippen LogP contribution in [0.4, 0.5) is 0 Å². The summed E-state index contributed by atoms with van der Waals surface area (Å²) in [6.45, 7) is 0.182. The van der Waals surface area contributed by atoms with E-state index in [1.165, 1.54) is 25.7 Å². The van der Waals surface area contributed by atoms with Gasteiger partial charge in [0.2, 0.25) is 0 Å². The Morgan fingerprint density at radius 1 is 1.50 bits per heavy atom. The van der Waals surface area contributed by atoms with Gasteiger partial charge in [0.1, 0.15) is 0 Å². The van der Waals surface area contributed by atoms with Crippen molar-refractivity contribution in [2.24, 2.45) is 5.92 Å². The quantitative estimate of drug-likeness (QED) is 0.644. The van der Waals surface area contributed by atoms with Gasteiger partial charge in [-0.15, -0.1) is 0 Å². The second-order valence-corrected chi connectivity index (χ2v) is 3.00. The minimum absolute atomic E-state index is 0.0995. The molecule has 1 aliphatic carbocycles. The molecule has 2 heteroatoms. The van der Waals surface area contributed by atoms with Crippen LogP contribution in [0.3, 0.4) is 0 Å². The molecule has 0 aliphatic heterocycles. The zero-order chi connectivity index (χ0) is 7.40. The van der Waals surface area contributed by atoms with Crippen molar-refractivity contribution in [2.75, 3.05) is 13.7 Å². The first kappa shape index (κ1) is 8.02. The normalized spacial score (nSPS) is 23.4. The fourth-order valence-corrected chi connectivity index (χ4v) is 1.75. The molecular formula is C8H16O2. The smallest absolute Gasteiger partial charge is 0.0830 e. The van der Waals surface area contributed by atoms with E-state index in [0.717, 1.165) is 0 Å². The molecular weight excluding hydrogens is 128 g/mol. The third-order valence-electron chi connectivity index (χ3n) is 2.41. The molecule has 0 aromatic rings. The van der Waals surface area contributed by atoms with Crippen LogP contribution < -0.4 is 0 Å². The first-order valence-electron chi connectivity index (χ1n) is 4.02. The van der Waals surface area contributed by atoms with Gasteiger partial charge in [0.15, 0.2) is 0 Å². The lowest BCUT2D eigenvalue weighted by molar-refractivity contribution is 0.00950. The number of aliphatic hydroxyl groups excluding tert-OH is 1. The SMILES string of the molecule is CO[C@@H](CO)C1CCCC1. The average molecular weight is 144 g/mol. The van der Waals surface area contributed by atoms with Gasteiger partial charge >= 0.3 is 0 Å². The van der Waals surface area contributed by atoms with E-state index in [1.807, 2.05) is 0 Å². The number of aliphatic hydroxyl groups is 1. The molecule has 0 amide bonds. The molecule has 2 nitrogen and oxygen atoms in total. The van der Waals surface area contributed by atoms with Gasteiger partial charge in [-0.2, -0.15) is 0 Å². The Morgan fingerprint density at radius 3 is 2.50 bits per heavy atom. The molecule has 1 aliphatic rings. The molecule has 0 saturated heterocycles. The zero-order valence-electron chi connectivity index (χ0n) is 6.55. The van der Waals surface area contributed by atoms with E-state index in [-0.39, 0.29) is 12.7 Å². The fourth-order valence-electron chi connectivity index (χ4n) is 1.75. The number of ether oxygens (including phenoxy) is 1. The standard InChI is InChI=1S/C8H16O2/c1-10-8(6-9)7-4-2-3-5-7/h7-9H,2-6H2,1H3/t8-/m0/s1. The van der Waals surface area contributed by atoms with Gasteiger partial charge in [-0.3, -0.25) is 0 Å². The summed E-state index contributed by atoms with van der Waals surface area (Å²) >= 11 is 0. The van der Waals surface area contributed by atoms with Crippen molar-refractivity contribution in [1.82, 2.24) is 0 Å². The van der Waals surface area contributed by atoms with Crippen LogP contribution in [0, 0.1) is 5.92 Å². The van der Waals surface area contributed by atoms with Crippen LogP contribution in [0.15, 0.2) is 0 Å². The summed E-state index contributed by atoms with van der Waals surface area (Å²) in [5.74, 6) is 0.620. The van der Waals surface area contributed by atoms with Crippen molar-refractivity contribution in [3.05, 3.63) is 0 Å². The second kappa shape index (κ2) is 3.94. The van der Waals surface area contributed by atoms with E-state index in [4.69, 9.17) is 9.84 Å². The third kappa shape index (κ3) is 1.70. The molecule has 1 saturated carbocycles. The fraction of sp³-hybridized carbons (Fsp3) is 1.00. The molecule has 0 radical (unpaired) electrons. The van der Waals surface area contributed by atoms with Gasteiger partial charge in [0.05, 0.1) is 12.7 Å². The minimum Gasteiger partial charge on any atom is -0.394 e. The van der Waals surface area contributed by atoms with Crippen molar-refractivity contribution >= 4 is 0 Å². The monoisotopic (exact) mass is 144 g/mol. The van der Waals surface area contributed by atoms with E-state index in [9.17, 15) is 0 Å². The van der Waals surface area contributed by atoms with Crippen LogP contribution in [0.25, 0.3) is 0 Å². The van der Waals surface area contributed by atoms with E-state index < -0.39 is 0 Å². The molecule has 60 valence electrons. The summed E-state index contributed by atoms with van der Waals surface area (Å²) in [7, 11) is 1.68. The van der Waals surface area contributed by atoms with Crippen LogP contribution >= 0.6 is 0 Å². The molecule has 1 fully saturated rings. The molecule has 1 atom stereocenters. The Hall–Kier alpha value is -0.0800. The lowest BCUT2D eigenvalue weighted by Crippen LogP contribution is -2.24. The third-order valence-corrected chi connectivity index (χ3v) is 2.41.